The SMILES string of the molecule is CC(C)(C)N(C(=O)Cn1nnc(-c2ccccc2F)n1)C(C(=O)NCc1ccc(F)cc1)c1ccc(F)cc1. The molecule has 0 bridgehead atoms. The zero-order valence-corrected chi connectivity index (χ0v) is 21.6. The highest BCUT2D eigenvalue weighted by Crippen LogP contribution is 2.30. The zero-order chi connectivity index (χ0) is 28.2. The number of hydrogen-bond donors (Lipinski definition) is 1. The molecule has 0 spiro atoms. The number of nitrogens with one attached hydrogen (secondary N) is 1. The molecule has 1 atom stereocenters. The van der Waals surface area contributed by atoms with Gasteiger partial charge in [0.2, 0.25) is 17.6 Å². The molecule has 8 nitrogen and oxygen atoms in total. The minimum Gasteiger partial charge on any atom is -0.350 e. The Balaban J connectivity index is 1.63. The van der Waals surface area contributed by atoms with Crippen molar-refractivity contribution in [2.45, 2.75) is 45.4 Å². The first kappa shape index (κ1) is 27.5. The number of amides is 2. The van der Waals surface area contributed by atoms with E-state index in [1.54, 1.807) is 39.0 Å². The van der Waals surface area contributed by atoms with Crippen LogP contribution in [-0.4, -0.2) is 42.5 Å². The van der Waals surface area contributed by atoms with E-state index < -0.39 is 40.8 Å². The van der Waals surface area contributed by atoms with Crippen molar-refractivity contribution in [1.29, 1.82) is 0 Å². The summed E-state index contributed by atoms with van der Waals surface area (Å²) in [6.45, 7) is 4.97. The predicted molar refractivity (Wildman–Crippen MR) is 137 cm³/mol. The minimum absolute atomic E-state index is 0.00957. The van der Waals surface area contributed by atoms with Crippen LogP contribution in [0.3, 0.4) is 0 Å². The van der Waals surface area contributed by atoms with Crippen molar-refractivity contribution in [3.8, 4) is 11.4 Å². The highest BCUT2D eigenvalue weighted by molar-refractivity contribution is 5.89. The molecule has 1 aromatic heterocycles. The lowest BCUT2D eigenvalue weighted by atomic mass is 9.96. The molecule has 0 saturated carbocycles. The van der Waals surface area contributed by atoms with Gasteiger partial charge in [0.15, 0.2) is 0 Å². The molecule has 11 heteroatoms. The highest BCUT2D eigenvalue weighted by Gasteiger charge is 2.38. The van der Waals surface area contributed by atoms with Gasteiger partial charge < -0.3 is 10.2 Å². The van der Waals surface area contributed by atoms with Crippen molar-refractivity contribution in [1.82, 2.24) is 30.4 Å². The van der Waals surface area contributed by atoms with Crippen LogP contribution in [0.25, 0.3) is 11.4 Å². The van der Waals surface area contributed by atoms with Gasteiger partial charge in [-0.15, -0.1) is 10.2 Å². The lowest BCUT2D eigenvalue weighted by molar-refractivity contribution is -0.147. The summed E-state index contributed by atoms with van der Waals surface area (Å²) < 4.78 is 41.2. The van der Waals surface area contributed by atoms with Gasteiger partial charge in [-0.2, -0.15) is 4.80 Å². The van der Waals surface area contributed by atoms with Gasteiger partial charge in [0, 0.05) is 12.1 Å². The van der Waals surface area contributed by atoms with Crippen LogP contribution in [0.4, 0.5) is 13.2 Å². The summed E-state index contributed by atoms with van der Waals surface area (Å²) >= 11 is 0. The topological polar surface area (TPSA) is 93.0 Å². The average molecular weight is 537 g/mol. The number of rotatable bonds is 8. The van der Waals surface area contributed by atoms with Gasteiger partial charge in [0.1, 0.15) is 30.0 Å². The Hall–Kier alpha value is -4.54. The van der Waals surface area contributed by atoms with Crippen molar-refractivity contribution in [3.05, 3.63) is 101 Å². The molecule has 0 aliphatic rings. The second-order valence-electron chi connectivity index (χ2n) is 9.86. The van der Waals surface area contributed by atoms with E-state index in [4.69, 9.17) is 0 Å². The van der Waals surface area contributed by atoms with Gasteiger partial charge in [0.25, 0.3) is 0 Å². The standard InChI is InChI=1S/C28H27F3N6O2/c1-28(2,3)37(24(38)17-36-34-26(33-35-36)22-6-4-5-7-23(22)31)25(19-10-14-21(30)15-11-19)27(39)32-16-18-8-12-20(29)13-9-18/h4-15,25H,16-17H2,1-3H3,(H,32,39). The predicted octanol–water partition coefficient (Wildman–Crippen LogP) is 4.44. The molecular weight excluding hydrogens is 509 g/mol. The van der Waals surface area contributed by atoms with Gasteiger partial charge in [-0.3, -0.25) is 9.59 Å². The van der Waals surface area contributed by atoms with Crippen LogP contribution in [-0.2, 0) is 22.7 Å². The number of nitrogens with zero attached hydrogens (tertiary/aromatic N) is 5. The van der Waals surface area contributed by atoms with Gasteiger partial charge in [0.05, 0.1) is 5.56 Å². The Bertz CT molecular complexity index is 1450. The first-order valence-corrected chi connectivity index (χ1v) is 12.2. The van der Waals surface area contributed by atoms with Gasteiger partial charge in [-0.25, -0.2) is 13.2 Å². The number of hydrogen-bond acceptors (Lipinski definition) is 5. The third-order valence-corrected chi connectivity index (χ3v) is 5.91. The molecule has 2 amide bonds. The molecule has 4 rings (SSSR count). The third kappa shape index (κ3) is 6.67. The van der Waals surface area contributed by atoms with Crippen LogP contribution in [0.1, 0.15) is 37.9 Å². The van der Waals surface area contributed by atoms with Crippen LogP contribution in [0.5, 0.6) is 0 Å². The van der Waals surface area contributed by atoms with Crippen LogP contribution in [0, 0.1) is 17.5 Å². The molecule has 0 radical (unpaired) electrons. The normalized spacial score (nSPS) is 12.2. The lowest BCUT2D eigenvalue weighted by Gasteiger charge is -2.41. The van der Waals surface area contributed by atoms with Gasteiger partial charge >= 0.3 is 0 Å². The lowest BCUT2D eigenvalue weighted by Crippen LogP contribution is -2.53. The smallest absolute Gasteiger partial charge is 0.247 e. The summed E-state index contributed by atoms with van der Waals surface area (Å²) in [4.78, 5) is 29.7. The van der Waals surface area contributed by atoms with E-state index in [1.165, 1.54) is 59.5 Å². The summed E-state index contributed by atoms with van der Waals surface area (Å²) in [7, 11) is 0. The van der Waals surface area contributed by atoms with E-state index in [0.717, 1.165) is 4.80 Å². The van der Waals surface area contributed by atoms with E-state index in [1.807, 2.05) is 0 Å². The van der Waals surface area contributed by atoms with Crippen LogP contribution in [0.2, 0.25) is 0 Å². The van der Waals surface area contributed by atoms with Crippen molar-refractivity contribution in [2.24, 2.45) is 0 Å². The molecule has 1 N–H and O–H groups in total. The van der Waals surface area contributed by atoms with Gasteiger partial charge in [-0.1, -0.05) is 36.4 Å². The Morgan fingerprint density at radius 2 is 1.54 bits per heavy atom. The summed E-state index contributed by atoms with van der Waals surface area (Å²) in [6.07, 6.45) is 0. The number of aromatic nitrogens is 4. The monoisotopic (exact) mass is 536 g/mol. The van der Waals surface area contributed by atoms with Crippen molar-refractivity contribution in [3.63, 3.8) is 0 Å². The van der Waals surface area contributed by atoms with Crippen molar-refractivity contribution >= 4 is 11.8 Å². The maximum atomic E-state index is 14.2. The van der Waals surface area contributed by atoms with E-state index in [-0.39, 0.29) is 24.5 Å². The molecule has 0 aliphatic carbocycles. The molecule has 0 fully saturated rings. The first-order chi connectivity index (χ1) is 18.5. The largest absolute Gasteiger partial charge is 0.350 e. The fourth-order valence-corrected chi connectivity index (χ4v) is 4.11. The third-order valence-electron chi connectivity index (χ3n) is 5.91. The molecule has 1 unspecified atom stereocenters. The second kappa shape index (κ2) is 11.5. The maximum absolute atomic E-state index is 14.2. The highest BCUT2D eigenvalue weighted by atomic mass is 19.1. The Morgan fingerprint density at radius 3 is 2.15 bits per heavy atom. The second-order valence-corrected chi connectivity index (χ2v) is 9.86. The van der Waals surface area contributed by atoms with Crippen LogP contribution < -0.4 is 5.32 Å². The fraction of sp³-hybridized carbons (Fsp3) is 0.250. The maximum Gasteiger partial charge on any atom is 0.247 e. The summed E-state index contributed by atoms with van der Waals surface area (Å²) in [5, 5.41) is 14.7. The van der Waals surface area contributed by atoms with Crippen molar-refractivity contribution < 1.29 is 22.8 Å². The quantitative estimate of drug-likeness (QED) is 0.359. The summed E-state index contributed by atoms with van der Waals surface area (Å²) in [5.74, 6) is -2.47. The molecule has 0 aliphatic heterocycles. The van der Waals surface area contributed by atoms with Crippen LogP contribution >= 0.6 is 0 Å². The summed E-state index contributed by atoms with van der Waals surface area (Å²) in [6, 6.07) is 15.7. The van der Waals surface area contributed by atoms with E-state index in [2.05, 4.69) is 20.7 Å². The Labute approximate surface area is 223 Å². The number of carbonyl (C=O) groups is 2. The molecule has 3 aromatic carbocycles. The number of tetrazole rings is 1. The van der Waals surface area contributed by atoms with E-state index in [9.17, 15) is 22.8 Å². The molecule has 0 saturated heterocycles. The first-order valence-electron chi connectivity index (χ1n) is 12.2. The molecule has 202 valence electrons. The average Bonchev–Trinajstić information content (AvgIpc) is 3.34. The molecule has 4 aromatic rings. The number of halogens is 3. The van der Waals surface area contributed by atoms with Crippen LogP contribution in [0.15, 0.2) is 72.8 Å². The number of benzene rings is 3. The number of carbonyl (C=O) groups excluding carboxylic acids is 2. The molecular formula is C28H27F3N6O2. The summed E-state index contributed by atoms with van der Waals surface area (Å²) in [5.41, 5.74) is 0.296. The molecule has 39 heavy (non-hydrogen) atoms. The van der Waals surface area contributed by atoms with E-state index >= 15 is 0 Å². The van der Waals surface area contributed by atoms with E-state index in [0.29, 0.717) is 11.1 Å². The minimum atomic E-state index is -1.15. The molecule has 1 heterocycles. The van der Waals surface area contributed by atoms with Gasteiger partial charge in [-0.05, 0) is 73.5 Å². The Morgan fingerprint density at radius 1 is 0.923 bits per heavy atom. The fourth-order valence-electron chi connectivity index (χ4n) is 4.11. The van der Waals surface area contributed by atoms with Crippen molar-refractivity contribution in [2.75, 3.05) is 0 Å². The Kier molecular flexibility index (Phi) is 8.08. The zero-order valence-electron chi connectivity index (χ0n) is 21.6.